The van der Waals surface area contributed by atoms with Gasteiger partial charge in [0, 0.05) is 19.3 Å². The number of esters is 3. The maximum Gasteiger partial charge on any atom is 0.306 e. The molecule has 0 aliphatic rings. The van der Waals surface area contributed by atoms with Crippen molar-refractivity contribution in [3.8, 4) is 0 Å². The molecule has 0 aliphatic heterocycles. The second kappa shape index (κ2) is 46.4. The van der Waals surface area contributed by atoms with Crippen molar-refractivity contribution in [2.24, 2.45) is 17.8 Å². The van der Waals surface area contributed by atoms with E-state index < -0.39 is 6.10 Å². The first-order valence-electron chi connectivity index (χ1n) is 27.2. The van der Waals surface area contributed by atoms with Gasteiger partial charge in [0.05, 0.1) is 0 Å². The van der Waals surface area contributed by atoms with Gasteiger partial charge in [-0.05, 0) is 37.0 Å². The second-order valence-electron chi connectivity index (χ2n) is 19.8. The Morgan fingerprint density at radius 3 is 0.852 bits per heavy atom. The molecule has 0 spiro atoms. The molecule has 0 heterocycles. The molecule has 0 saturated heterocycles. The first kappa shape index (κ1) is 59.4. The highest BCUT2D eigenvalue weighted by molar-refractivity contribution is 5.71. The maximum absolute atomic E-state index is 12.8. The summed E-state index contributed by atoms with van der Waals surface area (Å²) in [5.41, 5.74) is 0. The quantitative estimate of drug-likeness (QED) is 0.0344. The van der Waals surface area contributed by atoms with E-state index in [1.54, 1.807) is 0 Å². The summed E-state index contributed by atoms with van der Waals surface area (Å²) in [5.74, 6) is 1.69. The molecular formula is C55H106O6. The predicted octanol–water partition coefficient (Wildman–Crippen LogP) is 17.6. The molecular weight excluding hydrogens is 757 g/mol. The Bertz CT molecular complexity index is 949. The smallest absolute Gasteiger partial charge is 0.306 e. The Balaban J connectivity index is 4.29. The van der Waals surface area contributed by atoms with Gasteiger partial charge in [0.1, 0.15) is 13.2 Å². The number of carbonyl (C=O) groups is 3. The highest BCUT2D eigenvalue weighted by atomic mass is 16.6. The van der Waals surface area contributed by atoms with Gasteiger partial charge in [-0.2, -0.15) is 0 Å². The van der Waals surface area contributed by atoms with Gasteiger partial charge in [0.15, 0.2) is 6.10 Å². The minimum atomic E-state index is -0.763. The normalized spacial score (nSPS) is 13.0. The second-order valence-corrected chi connectivity index (χ2v) is 19.8. The van der Waals surface area contributed by atoms with Gasteiger partial charge in [-0.15, -0.1) is 0 Å². The zero-order valence-corrected chi connectivity index (χ0v) is 42.0. The van der Waals surface area contributed by atoms with Gasteiger partial charge in [-0.25, -0.2) is 0 Å². The number of rotatable bonds is 48. The van der Waals surface area contributed by atoms with Crippen LogP contribution in [0.25, 0.3) is 0 Å². The van der Waals surface area contributed by atoms with Crippen LogP contribution in [0.4, 0.5) is 0 Å². The van der Waals surface area contributed by atoms with Crippen LogP contribution in [0.1, 0.15) is 298 Å². The number of carbonyl (C=O) groups excluding carboxylic acids is 3. The Kier molecular flexibility index (Phi) is 45.2. The molecule has 0 bridgehead atoms. The molecule has 0 saturated carbocycles. The van der Waals surface area contributed by atoms with Crippen molar-refractivity contribution in [3.05, 3.63) is 0 Å². The molecule has 0 radical (unpaired) electrons. The van der Waals surface area contributed by atoms with Gasteiger partial charge in [-0.3, -0.25) is 14.4 Å². The number of hydrogen-bond acceptors (Lipinski definition) is 6. The van der Waals surface area contributed by atoms with Crippen LogP contribution >= 0.6 is 0 Å². The SMILES string of the molecule is CCC(C)CCCCCCCCCCCCCCCCC(=O)O[C@H](COC(=O)CCCCCCCCCCCCCCC(C)C)COC(=O)CCCCCCCCC(C)CC. The minimum absolute atomic E-state index is 0.0649. The van der Waals surface area contributed by atoms with E-state index in [1.165, 1.54) is 180 Å². The Morgan fingerprint density at radius 1 is 0.328 bits per heavy atom. The third-order valence-corrected chi connectivity index (χ3v) is 13.1. The van der Waals surface area contributed by atoms with E-state index in [1.807, 2.05) is 0 Å². The summed E-state index contributed by atoms with van der Waals surface area (Å²) in [6.07, 6.45) is 46.6. The van der Waals surface area contributed by atoms with Crippen molar-refractivity contribution in [1.29, 1.82) is 0 Å². The average Bonchev–Trinajstić information content (AvgIpc) is 3.24. The summed E-state index contributed by atoms with van der Waals surface area (Å²) in [6, 6.07) is 0. The van der Waals surface area contributed by atoms with E-state index in [2.05, 4.69) is 41.5 Å². The van der Waals surface area contributed by atoms with Crippen molar-refractivity contribution in [3.63, 3.8) is 0 Å². The monoisotopic (exact) mass is 863 g/mol. The molecule has 6 nitrogen and oxygen atoms in total. The minimum Gasteiger partial charge on any atom is -0.462 e. The number of unbranched alkanes of at least 4 members (excludes halogenated alkanes) is 29. The maximum atomic E-state index is 12.8. The summed E-state index contributed by atoms with van der Waals surface area (Å²) in [4.78, 5) is 38.0. The highest BCUT2D eigenvalue weighted by Crippen LogP contribution is 2.19. The zero-order chi connectivity index (χ0) is 44.9. The summed E-state index contributed by atoms with van der Waals surface area (Å²) in [7, 11) is 0. The molecule has 2 unspecified atom stereocenters. The van der Waals surface area contributed by atoms with Crippen molar-refractivity contribution in [2.75, 3.05) is 13.2 Å². The van der Waals surface area contributed by atoms with Crippen LogP contribution in [0.15, 0.2) is 0 Å². The van der Waals surface area contributed by atoms with Crippen molar-refractivity contribution >= 4 is 17.9 Å². The molecule has 0 aromatic carbocycles. The van der Waals surface area contributed by atoms with E-state index in [4.69, 9.17) is 14.2 Å². The van der Waals surface area contributed by atoms with Crippen molar-refractivity contribution in [1.82, 2.24) is 0 Å². The Labute approximate surface area is 380 Å². The summed E-state index contributed by atoms with van der Waals surface area (Å²) < 4.78 is 16.8. The molecule has 0 aromatic rings. The van der Waals surface area contributed by atoms with Gasteiger partial charge in [0.2, 0.25) is 0 Å². The lowest BCUT2D eigenvalue weighted by molar-refractivity contribution is -0.167. The molecule has 61 heavy (non-hydrogen) atoms. The summed E-state index contributed by atoms with van der Waals surface area (Å²) in [6.45, 7) is 13.7. The van der Waals surface area contributed by atoms with Gasteiger partial charge in [-0.1, -0.05) is 260 Å². The molecule has 0 aromatic heterocycles. The van der Waals surface area contributed by atoms with E-state index in [9.17, 15) is 14.4 Å². The van der Waals surface area contributed by atoms with E-state index in [-0.39, 0.29) is 31.1 Å². The third kappa shape index (κ3) is 46.2. The highest BCUT2D eigenvalue weighted by Gasteiger charge is 2.19. The predicted molar refractivity (Wildman–Crippen MR) is 261 cm³/mol. The van der Waals surface area contributed by atoms with E-state index >= 15 is 0 Å². The molecule has 0 amide bonds. The molecule has 0 rings (SSSR count). The molecule has 3 atom stereocenters. The summed E-state index contributed by atoms with van der Waals surface area (Å²) in [5, 5.41) is 0. The lowest BCUT2D eigenvalue weighted by Gasteiger charge is -2.18. The van der Waals surface area contributed by atoms with Crippen LogP contribution in [-0.4, -0.2) is 37.2 Å². The van der Waals surface area contributed by atoms with Crippen LogP contribution < -0.4 is 0 Å². The van der Waals surface area contributed by atoms with Crippen molar-refractivity contribution < 1.29 is 28.6 Å². The summed E-state index contributed by atoms with van der Waals surface area (Å²) >= 11 is 0. The number of hydrogen-bond donors (Lipinski definition) is 0. The molecule has 0 fully saturated rings. The lowest BCUT2D eigenvalue weighted by Crippen LogP contribution is -2.30. The van der Waals surface area contributed by atoms with Crippen LogP contribution in [-0.2, 0) is 28.6 Å². The van der Waals surface area contributed by atoms with Gasteiger partial charge < -0.3 is 14.2 Å². The molecule has 362 valence electrons. The van der Waals surface area contributed by atoms with Crippen molar-refractivity contribution in [2.45, 2.75) is 304 Å². The van der Waals surface area contributed by atoms with Crippen LogP contribution in [0, 0.1) is 17.8 Å². The molecule has 0 aliphatic carbocycles. The van der Waals surface area contributed by atoms with Crippen LogP contribution in [0.2, 0.25) is 0 Å². The first-order chi connectivity index (χ1) is 29.7. The fraction of sp³-hybridized carbons (Fsp3) is 0.945. The largest absolute Gasteiger partial charge is 0.462 e. The van der Waals surface area contributed by atoms with Crippen LogP contribution in [0.5, 0.6) is 0 Å². The third-order valence-electron chi connectivity index (χ3n) is 13.1. The standard InChI is InChI=1S/C55H106O6/c1-7-50(5)42-36-30-24-20-16-11-9-10-12-18-22-26-34-40-46-55(58)61-52(48-60-54(57)45-39-33-28-27-31-37-43-51(6)8-2)47-59-53(56)44-38-32-25-21-17-14-13-15-19-23-29-35-41-49(3)4/h49-52H,7-48H2,1-6H3/t50?,51?,52-/m1/s1. The molecule has 6 heteroatoms. The fourth-order valence-corrected chi connectivity index (χ4v) is 8.23. The van der Waals surface area contributed by atoms with Gasteiger partial charge >= 0.3 is 17.9 Å². The van der Waals surface area contributed by atoms with Gasteiger partial charge in [0.25, 0.3) is 0 Å². The lowest BCUT2D eigenvalue weighted by atomic mass is 9.99. The first-order valence-corrected chi connectivity index (χ1v) is 27.2. The Hall–Kier alpha value is -1.59. The van der Waals surface area contributed by atoms with E-state index in [0.29, 0.717) is 19.3 Å². The Morgan fingerprint density at radius 2 is 0.574 bits per heavy atom. The van der Waals surface area contributed by atoms with Crippen LogP contribution in [0.3, 0.4) is 0 Å². The molecule has 0 N–H and O–H groups in total. The fourth-order valence-electron chi connectivity index (χ4n) is 8.23. The average molecular weight is 863 g/mol. The van der Waals surface area contributed by atoms with E-state index in [0.717, 1.165) is 75.5 Å². The zero-order valence-electron chi connectivity index (χ0n) is 42.0. The number of ether oxygens (including phenoxy) is 3. The topological polar surface area (TPSA) is 78.9 Å².